The lowest BCUT2D eigenvalue weighted by atomic mass is 10.0. The Kier molecular flexibility index (Phi) is 9.37. The van der Waals surface area contributed by atoms with Crippen molar-refractivity contribution in [3.63, 3.8) is 0 Å². The van der Waals surface area contributed by atoms with Crippen LogP contribution in [0.25, 0.3) is 22.0 Å². The van der Waals surface area contributed by atoms with Crippen LogP contribution >= 0.6 is 0 Å². The lowest BCUT2D eigenvalue weighted by molar-refractivity contribution is 0.0206. The van der Waals surface area contributed by atoms with E-state index in [1.165, 1.54) is 0 Å². The molecule has 3 heterocycles. The van der Waals surface area contributed by atoms with E-state index < -0.39 is 15.6 Å². The van der Waals surface area contributed by atoms with Crippen molar-refractivity contribution in [2.45, 2.75) is 65.5 Å². The lowest BCUT2D eigenvalue weighted by Gasteiger charge is -2.34. The fourth-order valence-corrected chi connectivity index (χ4v) is 6.34. The predicted octanol–water partition coefficient (Wildman–Crippen LogP) is 6.15. The molecule has 1 unspecified atom stereocenters. The summed E-state index contributed by atoms with van der Waals surface area (Å²) in [5.41, 5.74) is 1.93. The maximum absolute atomic E-state index is 12.6. The van der Waals surface area contributed by atoms with Gasteiger partial charge in [-0.05, 0) is 70.7 Å². The van der Waals surface area contributed by atoms with E-state index in [2.05, 4.69) is 25.2 Å². The monoisotopic (exact) mass is 633 g/mol. The molecule has 0 bridgehead atoms. The number of amides is 1. The average Bonchev–Trinajstić information content (AvgIpc) is 2.98. The van der Waals surface area contributed by atoms with Gasteiger partial charge in [-0.15, -0.1) is 5.10 Å². The van der Waals surface area contributed by atoms with Crippen LogP contribution in [0.15, 0.2) is 54.9 Å². The topological polar surface area (TPSA) is 149 Å². The Morgan fingerprint density at radius 3 is 2.69 bits per heavy atom. The summed E-state index contributed by atoms with van der Waals surface area (Å²) in [5, 5.41) is 13.1. The molecular weight excluding hydrogens is 594 g/mol. The van der Waals surface area contributed by atoms with Crippen LogP contribution in [-0.4, -0.2) is 70.1 Å². The van der Waals surface area contributed by atoms with Crippen molar-refractivity contribution in [1.29, 1.82) is 0 Å². The number of carbonyl (C=O) groups is 1. The van der Waals surface area contributed by atoms with Crippen molar-refractivity contribution in [3.05, 3.63) is 60.4 Å². The summed E-state index contributed by atoms with van der Waals surface area (Å²) in [5.74, 6) is 1.21. The van der Waals surface area contributed by atoms with E-state index in [0.29, 0.717) is 53.5 Å². The fraction of sp³-hybridized carbons (Fsp3) is 0.406. The third-order valence-electron chi connectivity index (χ3n) is 7.17. The minimum Gasteiger partial charge on any atom is -0.444 e. The summed E-state index contributed by atoms with van der Waals surface area (Å²) in [4.78, 5) is 23.5. The number of benzene rings is 2. The Balaban J connectivity index is 1.39. The molecule has 13 heteroatoms. The Hall–Kier alpha value is -4.52. The maximum Gasteiger partial charge on any atom is 0.410 e. The lowest BCUT2D eigenvalue weighted by Crippen LogP contribution is -2.47. The molecule has 0 radical (unpaired) electrons. The van der Waals surface area contributed by atoms with Crippen LogP contribution in [0, 0.1) is 6.92 Å². The number of carbonyl (C=O) groups excluding carboxylic acids is 1. The van der Waals surface area contributed by atoms with Crippen molar-refractivity contribution in [2.24, 2.45) is 0 Å². The van der Waals surface area contributed by atoms with E-state index in [-0.39, 0.29) is 23.8 Å². The standard InChI is InChI=1S/C32H39N7O5S/c1-6-19-45(41,42)38-27-11-7-10-24-23(27)13-12-21(2)28(24)43-29-25(14-17-34-37-29)26-15-16-33-30(36-26)35-22-9-8-18-39(20-22)31(40)44-32(3,4)5/h7,10-17,22,38H,6,8-9,18-20H2,1-5H3,(H,33,35,36). The minimum absolute atomic E-state index is 0.0279. The van der Waals surface area contributed by atoms with E-state index in [1.54, 1.807) is 41.6 Å². The molecule has 2 N–H and O–H groups in total. The third kappa shape index (κ3) is 7.96. The van der Waals surface area contributed by atoms with E-state index in [4.69, 9.17) is 14.5 Å². The van der Waals surface area contributed by atoms with Gasteiger partial charge in [0.05, 0.1) is 28.9 Å². The van der Waals surface area contributed by atoms with Crippen LogP contribution in [0.4, 0.5) is 16.4 Å². The van der Waals surface area contributed by atoms with Gasteiger partial charge >= 0.3 is 6.09 Å². The summed E-state index contributed by atoms with van der Waals surface area (Å²) in [6.45, 7) is 10.4. The number of piperidine rings is 1. The highest BCUT2D eigenvalue weighted by molar-refractivity contribution is 7.92. The zero-order valence-corrected chi connectivity index (χ0v) is 27.0. The number of hydrogen-bond donors (Lipinski definition) is 2. The van der Waals surface area contributed by atoms with Crippen LogP contribution < -0.4 is 14.8 Å². The van der Waals surface area contributed by atoms with Crippen molar-refractivity contribution < 1.29 is 22.7 Å². The first-order valence-electron chi connectivity index (χ1n) is 15.0. The van der Waals surface area contributed by atoms with Crippen molar-refractivity contribution in [3.8, 4) is 22.9 Å². The second-order valence-corrected chi connectivity index (χ2v) is 13.9. The summed E-state index contributed by atoms with van der Waals surface area (Å²) >= 11 is 0. The van der Waals surface area contributed by atoms with Gasteiger partial charge in [0, 0.05) is 36.1 Å². The largest absolute Gasteiger partial charge is 0.444 e. The molecule has 2 aromatic heterocycles. The zero-order valence-electron chi connectivity index (χ0n) is 26.2. The zero-order chi connectivity index (χ0) is 32.2. The van der Waals surface area contributed by atoms with Crippen molar-refractivity contribution in [2.75, 3.05) is 28.9 Å². The Morgan fingerprint density at radius 2 is 1.91 bits per heavy atom. The molecule has 1 fully saturated rings. The number of aryl methyl sites for hydroxylation is 1. The van der Waals surface area contributed by atoms with Gasteiger partial charge in [-0.2, -0.15) is 5.10 Å². The Bertz CT molecular complexity index is 1790. The molecule has 1 atom stereocenters. The molecule has 0 aliphatic carbocycles. The van der Waals surface area contributed by atoms with Gasteiger partial charge in [0.1, 0.15) is 11.4 Å². The summed E-state index contributed by atoms with van der Waals surface area (Å²) in [7, 11) is -3.49. The quantitative estimate of drug-likeness (QED) is 0.220. The van der Waals surface area contributed by atoms with Crippen LogP contribution in [0.3, 0.4) is 0 Å². The number of ether oxygens (including phenoxy) is 2. The maximum atomic E-state index is 12.6. The van der Waals surface area contributed by atoms with E-state index in [1.807, 2.05) is 52.8 Å². The van der Waals surface area contributed by atoms with Crippen molar-refractivity contribution in [1.82, 2.24) is 25.1 Å². The molecule has 1 amide bonds. The van der Waals surface area contributed by atoms with Crippen LogP contribution in [0.1, 0.15) is 52.5 Å². The highest BCUT2D eigenvalue weighted by atomic mass is 32.2. The average molecular weight is 634 g/mol. The van der Waals surface area contributed by atoms with E-state index in [9.17, 15) is 13.2 Å². The summed E-state index contributed by atoms with van der Waals surface area (Å²) in [6, 6.07) is 12.6. The van der Waals surface area contributed by atoms with Gasteiger partial charge in [0.2, 0.25) is 21.9 Å². The number of nitrogens with one attached hydrogen (secondary N) is 2. The number of rotatable bonds is 9. The van der Waals surface area contributed by atoms with Gasteiger partial charge in [-0.3, -0.25) is 4.72 Å². The SMILES string of the molecule is CCCS(=O)(=O)Nc1cccc2c(Oc3nnccc3-c3ccnc(NC4CCCN(C(=O)OC(C)(C)C)C4)n3)c(C)ccc12. The highest BCUT2D eigenvalue weighted by Gasteiger charge is 2.28. The van der Waals surface area contributed by atoms with Crippen molar-refractivity contribution >= 4 is 38.5 Å². The predicted molar refractivity (Wildman–Crippen MR) is 174 cm³/mol. The molecule has 1 aliphatic rings. The van der Waals surface area contributed by atoms with Gasteiger partial charge in [0.25, 0.3) is 0 Å². The molecule has 5 rings (SSSR count). The van der Waals surface area contributed by atoms with Crippen LogP contribution in [0.2, 0.25) is 0 Å². The summed E-state index contributed by atoms with van der Waals surface area (Å²) in [6.07, 6.45) is 5.08. The van der Waals surface area contributed by atoms with Crippen LogP contribution in [-0.2, 0) is 14.8 Å². The molecule has 0 spiro atoms. The number of anilines is 2. The smallest absolute Gasteiger partial charge is 0.410 e. The number of aromatic nitrogens is 4. The van der Waals surface area contributed by atoms with E-state index in [0.717, 1.165) is 23.8 Å². The molecule has 1 saturated heterocycles. The van der Waals surface area contributed by atoms with Crippen LogP contribution in [0.5, 0.6) is 11.6 Å². The molecular formula is C32H39N7O5S. The minimum atomic E-state index is -3.49. The van der Waals surface area contributed by atoms with Gasteiger partial charge in [-0.25, -0.2) is 23.2 Å². The normalized spacial score (nSPS) is 15.5. The molecule has 45 heavy (non-hydrogen) atoms. The first-order chi connectivity index (χ1) is 21.4. The molecule has 12 nitrogen and oxygen atoms in total. The number of fused-ring (bicyclic) bond motifs is 1. The third-order valence-corrected chi connectivity index (χ3v) is 8.65. The van der Waals surface area contributed by atoms with Gasteiger partial charge in [0.15, 0.2) is 0 Å². The van der Waals surface area contributed by atoms with Gasteiger partial charge in [-0.1, -0.05) is 31.2 Å². The Morgan fingerprint density at radius 1 is 1.09 bits per heavy atom. The fourth-order valence-electron chi connectivity index (χ4n) is 5.18. The second kappa shape index (κ2) is 13.2. The van der Waals surface area contributed by atoms with Gasteiger partial charge < -0.3 is 19.7 Å². The summed E-state index contributed by atoms with van der Waals surface area (Å²) < 4.78 is 39.8. The number of nitrogens with zero attached hydrogens (tertiary/aromatic N) is 5. The molecule has 4 aromatic rings. The first kappa shape index (κ1) is 31.9. The number of likely N-dealkylation sites (tertiary alicyclic amines) is 1. The van der Waals surface area contributed by atoms with E-state index >= 15 is 0 Å². The second-order valence-electron chi connectivity index (χ2n) is 12.1. The highest BCUT2D eigenvalue weighted by Crippen LogP contribution is 2.38. The Labute approximate surface area is 263 Å². The molecule has 1 aliphatic heterocycles. The molecule has 2 aromatic carbocycles. The number of sulfonamides is 1. The molecule has 238 valence electrons. The molecule has 0 saturated carbocycles. The number of hydrogen-bond acceptors (Lipinski definition) is 10. The first-order valence-corrected chi connectivity index (χ1v) is 16.7.